The van der Waals surface area contributed by atoms with Gasteiger partial charge in [-0.15, -0.1) is 0 Å². The summed E-state index contributed by atoms with van der Waals surface area (Å²) in [5.74, 6) is 0. The highest BCUT2D eigenvalue weighted by atomic mass is 32.1. The average molecular weight is 167 g/mol. The predicted molar refractivity (Wildman–Crippen MR) is 48.2 cm³/mol. The van der Waals surface area contributed by atoms with Crippen molar-refractivity contribution in [3.8, 4) is 0 Å². The van der Waals surface area contributed by atoms with Crippen molar-refractivity contribution in [2.75, 3.05) is 0 Å². The van der Waals surface area contributed by atoms with E-state index in [-0.39, 0.29) is 0 Å². The number of oxime groups is 1. The lowest BCUT2D eigenvalue weighted by Crippen LogP contribution is -1.81. The summed E-state index contributed by atoms with van der Waals surface area (Å²) >= 11 is 1.65. The van der Waals surface area contributed by atoms with Crippen LogP contribution in [0.25, 0.3) is 6.08 Å². The van der Waals surface area contributed by atoms with Crippen molar-refractivity contribution in [2.24, 2.45) is 5.16 Å². The smallest absolute Gasteiger partial charge is 0.0765 e. The number of hydrogen-bond donors (Lipinski definition) is 1. The van der Waals surface area contributed by atoms with E-state index in [0.29, 0.717) is 5.71 Å². The lowest BCUT2D eigenvalue weighted by Gasteiger charge is -1.84. The summed E-state index contributed by atoms with van der Waals surface area (Å²) in [5, 5.41) is 15.4. The molecule has 0 aliphatic rings. The summed E-state index contributed by atoms with van der Waals surface area (Å²) < 4.78 is 0. The minimum atomic E-state index is 0.608. The van der Waals surface area contributed by atoms with Crippen molar-refractivity contribution in [3.63, 3.8) is 0 Å². The van der Waals surface area contributed by atoms with Gasteiger partial charge in [0.15, 0.2) is 0 Å². The molecule has 0 spiro atoms. The van der Waals surface area contributed by atoms with E-state index >= 15 is 0 Å². The molecule has 0 saturated heterocycles. The van der Waals surface area contributed by atoms with E-state index in [1.807, 2.05) is 22.9 Å². The first-order valence-corrected chi connectivity index (χ1v) is 4.16. The van der Waals surface area contributed by atoms with Crippen LogP contribution in [0, 0.1) is 0 Å². The van der Waals surface area contributed by atoms with Gasteiger partial charge in [-0.2, -0.15) is 11.3 Å². The maximum atomic E-state index is 8.30. The fourth-order valence-electron chi connectivity index (χ4n) is 0.620. The van der Waals surface area contributed by atoms with E-state index in [9.17, 15) is 0 Å². The third-order valence-corrected chi connectivity index (χ3v) is 1.92. The van der Waals surface area contributed by atoms with E-state index in [1.54, 1.807) is 24.3 Å². The van der Waals surface area contributed by atoms with Crippen LogP contribution in [0.5, 0.6) is 0 Å². The summed E-state index contributed by atoms with van der Waals surface area (Å²) in [6.45, 7) is 1.74. The Morgan fingerprint density at radius 2 is 2.55 bits per heavy atom. The first-order valence-electron chi connectivity index (χ1n) is 3.22. The van der Waals surface area contributed by atoms with Crippen molar-refractivity contribution in [2.45, 2.75) is 6.92 Å². The van der Waals surface area contributed by atoms with Crippen LogP contribution < -0.4 is 0 Å². The van der Waals surface area contributed by atoms with E-state index in [2.05, 4.69) is 5.16 Å². The van der Waals surface area contributed by atoms with E-state index < -0.39 is 0 Å². The summed E-state index contributed by atoms with van der Waals surface area (Å²) in [6.07, 6.45) is 3.67. The number of rotatable bonds is 2. The lowest BCUT2D eigenvalue weighted by molar-refractivity contribution is 0.319. The zero-order valence-corrected chi connectivity index (χ0v) is 7.01. The molecule has 1 N–H and O–H groups in total. The first-order chi connectivity index (χ1) is 5.33. The third kappa shape index (κ3) is 2.55. The Labute approximate surface area is 69.5 Å². The zero-order chi connectivity index (χ0) is 8.10. The second kappa shape index (κ2) is 3.93. The molecule has 0 saturated carbocycles. The fourth-order valence-corrected chi connectivity index (χ4v) is 1.25. The van der Waals surface area contributed by atoms with E-state index in [0.717, 1.165) is 5.56 Å². The molecule has 0 fully saturated rings. The molecule has 0 amide bonds. The molecule has 1 rings (SSSR count). The zero-order valence-electron chi connectivity index (χ0n) is 6.19. The summed E-state index contributed by atoms with van der Waals surface area (Å²) in [7, 11) is 0. The molecule has 0 unspecified atom stereocenters. The Morgan fingerprint density at radius 3 is 3.09 bits per heavy atom. The van der Waals surface area contributed by atoms with Crippen LogP contribution in [0.1, 0.15) is 12.5 Å². The Kier molecular flexibility index (Phi) is 2.86. The minimum absolute atomic E-state index is 0.608. The molecule has 1 aromatic heterocycles. The van der Waals surface area contributed by atoms with Crippen LogP contribution in [-0.2, 0) is 0 Å². The molecule has 58 valence electrons. The molecular weight excluding hydrogens is 158 g/mol. The van der Waals surface area contributed by atoms with Gasteiger partial charge < -0.3 is 5.21 Å². The number of nitrogens with zero attached hydrogens (tertiary/aromatic N) is 1. The highest BCUT2D eigenvalue weighted by molar-refractivity contribution is 7.08. The fraction of sp³-hybridized carbons (Fsp3) is 0.125. The van der Waals surface area contributed by atoms with Gasteiger partial charge in [-0.05, 0) is 35.4 Å². The molecule has 3 heteroatoms. The largest absolute Gasteiger partial charge is 0.411 e. The van der Waals surface area contributed by atoms with Crippen LogP contribution in [0.4, 0.5) is 0 Å². The Hall–Kier alpha value is -1.09. The van der Waals surface area contributed by atoms with Gasteiger partial charge in [-0.25, -0.2) is 0 Å². The van der Waals surface area contributed by atoms with Crippen LogP contribution >= 0.6 is 11.3 Å². The molecule has 11 heavy (non-hydrogen) atoms. The van der Waals surface area contributed by atoms with E-state index in [1.165, 1.54) is 0 Å². The van der Waals surface area contributed by atoms with Gasteiger partial charge in [0.2, 0.25) is 0 Å². The minimum Gasteiger partial charge on any atom is -0.411 e. The van der Waals surface area contributed by atoms with Gasteiger partial charge in [-0.1, -0.05) is 11.2 Å². The van der Waals surface area contributed by atoms with Crippen LogP contribution in [0.3, 0.4) is 0 Å². The second-order valence-corrected chi connectivity index (χ2v) is 2.91. The Morgan fingerprint density at radius 1 is 1.73 bits per heavy atom. The standard InChI is InChI=1S/C8H9NOS/c1-7(9-10)2-3-8-4-5-11-6-8/h2-6,10H,1H3. The van der Waals surface area contributed by atoms with Crippen molar-refractivity contribution in [1.82, 2.24) is 0 Å². The number of hydrogen-bond acceptors (Lipinski definition) is 3. The van der Waals surface area contributed by atoms with Crippen molar-refractivity contribution >= 4 is 23.1 Å². The second-order valence-electron chi connectivity index (χ2n) is 2.13. The number of thiophene rings is 1. The van der Waals surface area contributed by atoms with Gasteiger partial charge in [0.25, 0.3) is 0 Å². The molecule has 0 atom stereocenters. The summed E-state index contributed by atoms with van der Waals surface area (Å²) in [4.78, 5) is 0. The van der Waals surface area contributed by atoms with Gasteiger partial charge >= 0.3 is 0 Å². The van der Waals surface area contributed by atoms with Crippen molar-refractivity contribution in [3.05, 3.63) is 28.5 Å². The van der Waals surface area contributed by atoms with Crippen molar-refractivity contribution < 1.29 is 5.21 Å². The van der Waals surface area contributed by atoms with Gasteiger partial charge in [-0.3, -0.25) is 0 Å². The Bertz CT molecular complexity index is 262. The van der Waals surface area contributed by atoms with E-state index in [4.69, 9.17) is 5.21 Å². The molecule has 0 aromatic carbocycles. The molecule has 0 aliphatic heterocycles. The summed E-state index contributed by atoms with van der Waals surface area (Å²) in [5.41, 5.74) is 1.74. The topological polar surface area (TPSA) is 32.6 Å². The maximum absolute atomic E-state index is 8.30. The third-order valence-electron chi connectivity index (χ3n) is 1.22. The van der Waals surface area contributed by atoms with Crippen molar-refractivity contribution in [1.29, 1.82) is 0 Å². The summed E-state index contributed by atoms with van der Waals surface area (Å²) in [6, 6.07) is 2.01. The molecule has 1 aromatic rings. The normalized spacial score (nSPS) is 12.6. The molecule has 0 bridgehead atoms. The predicted octanol–water partition coefficient (Wildman–Crippen LogP) is 2.61. The SMILES string of the molecule is CC(C=Cc1ccsc1)=NO. The molecule has 0 radical (unpaired) electrons. The van der Waals surface area contributed by atoms with Crippen LogP contribution in [-0.4, -0.2) is 10.9 Å². The lowest BCUT2D eigenvalue weighted by atomic mass is 10.3. The van der Waals surface area contributed by atoms with Crippen LogP contribution in [0.15, 0.2) is 28.1 Å². The highest BCUT2D eigenvalue weighted by Crippen LogP contribution is 2.07. The van der Waals surface area contributed by atoms with Gasteiger partial charge in [0.1, 0.15) is 0 Å². The average Bonchev–Trinajstić information content (AvgIpc) is 2.52. The van der Waals surface area contributed by atoms with Crippen LogP contribution in [0.2, 0.25) is 0 Å². The monoisotopic (exact) mass is 167 g/mol. The Balaban J connectivity index is 2.63. The quantitative estimate of drug-likeness (QED) is 0.410. The molecule has 2 nitrogen and oxygen atoms in total. The molecule has 1 heterocycles. The first kappa shape index (κ1) is 8.01. The van der Waals surface area contributed by atoms with Gasteiger partial charge in [0, 0.05) is 0 Å². The highest BCUT2D eigenvalue weighted by Gasteiger charge is 1.85. The number of allylic oxidation sites excluding steroid dienone is 1. The molecular formula is C8H9NOS. The molecule has 0 aliphatic carbocycles. The maximum Gasteiger partial charge on any atom is 0.0765 e. The van der Waals surface area contributed by atoms with Gasteiger partial charge in [0.05, 0.1) is 5.71 Å².